The zero-order chi connectivity index (χ0) is 12.5. The van der Waals surface area contributed by atoms with Crippen LogP contribution in [0.3, 0.4) is 0 Å². The van der Waals surface area contributed by atoms with Gasteiger partial charge >= 0.3 is 0 Å². The van der Waals surface area contributed by atoms with Crippen LogP contribution in [0.15, 0.2) is 18.2 Å². The van der Waals surface area contributed by atoms with Crippen molar-refractivity contribution in [3.63, 3.8) is 0 Å². The third-order valence-electron chi connectivity index (χ3n) is 3.03. The second-order valence-corrected chi connectivity index (χ2v) is 5.98. The molecule has 0 radical (unpaired) electrons. The second-order valence-electron chi connectivity index (χ2n) is 5.98. The van der Waals surface area contributed by atoms with Crippen LogP contribution in [0.2, 0.25) is 0 Å². The molecule has 0 saturated heterocycles. The number of fused-ring (bicyclic) bond motifs is 1. The summed E-state index contributed by atoms with van der Waals surface area (Å²) in [5, 5.41) is 6.63. The van der Waals surface area contributed by atoms with E-state index in [2.05, 4.69) is 31.4 Å². The zero-order valence-corrected chi connectivity index (χ0v) is 10.8. The van der Waals surface area contributed by atoms with Crippen molar-refractivity contribution in [2.75, 3.05) is 17.2 Å². The normalized spacial score (nSPS) is 19.9. The van der Waals surface area contributed by atoms with Crippen molar-refractivity contribution in [3.8, 4) is 0 Å². The largest absolute Gasteiger partial charge is 0.381 e. The molecule has 0 fully saturated rings. The van der Waals surface area contributed by atoms with Crippen LogP contribution in [0.1, 0.15) is 33.6 Å². The number of rotatable bonds is 1. The van der Waals surface area contributed by atoms with Crippen LogP contribution in [0.25, 0.3) is 0 Å². The molecule has 0 bridgehead atoms. The van der Waals surface area contributed by atoms with Gasteiger partial charge in [0.1, 0.15) is 5.82 Å². The Kier molecular flexibility index (Phi) is 3.27. The molecule has 0 amide bonds. The predicted octanol–water partition coefficient (Wildman–Crippen LogP) is 3.86. The zero-order valence-electron chi connectivity index (χ0n) is 10.8. The Morgan fingerprint density at radius 3 is 2.82 bits per heavy atom. The molecule has 1 aromatic carbocycles. The van der Waals surface area contributed by atoms with E-state index in [0.29, 0.717) is 11.7 Å². The second kappa shape index (κ2) is 4.55. The first-order chi connectivity index (χ1) is 7.96. The standard InChI is InChI=1S/C14H21FN2/c1-14(2,3)9-10-7-8-16-13-11(15)5-4-6-12(13)17-10/h4-6,10,16-17H,7-9H2,1-3H3. The molecule has 0 aliphatic carbocycles. The monoisotopic (exact) mass is 236 g/mol. The van der Waals surface area contributed by atoms with Crippen LogP contribution >= 0.6 is 0 Å². The van der Waals surface area contributed by atoms with Crippen molar-refractivity contribution in [3.05, 3.63) is 24.0 Å². The van der Waals surface area contributed by atoms with Crippen LogP contribution in [0.5, 0.6) is 0 Å². The molecular weight excluding hydrogens is 215 g/mol. The van der Waals surface area contributed by atoms with Gasteiger partial charge in [-0.25, -0.2) is 4.39 Å². The predicted molar refractivity (Wildman–Crippen MR) is 71.0 cm³/mol. The van der Waals surface area contributed by atoms with E-state index in [1.165, 1.54) is 6.07 Å². The van der Waals surface area contributed by atoms with E-state index >= 15 is 0 Å². The fraction of sp³-hybridized carbons (Fsp3) is 0.571. The Balaban J connectivity index is 2.17. The number of benzene rings is 1. The third kappa shape index (κ3) is 3.11. The molecular formula is C14H21FN2. The summed E-state index contributed by atoms with van der Waals surface area (Å²) in [5.74, 6) is -0.175. The highest BCUT2D eigenvalue weighted by atomic mass is 19.1. The number of para-hydroxylation sites is 1. The van der Waals surface area contributed by atoms with Crippen LogP contribution in [-0.4, -0.2) is 12.6 Å². The van der Waals surface area contributed by atoms with Gasteiger partial charge in [-0.1, -0.05) is 26.8 Å². The Morgan fingerprint density at radius 2 is 2.12 bits per heavy atom. The molecule has 0 spiro atoms. The van der Waals surface area contributed by atoms with E-state index in [0.717, 1.165) is 25.1 Å². The van der Waals surface area contributed by atoms with Crippen LogP contribution < -0.4 is 10.6 Å². The van der Waals surface area contributed by atoms with Crippen molar-refractivity contribution in [2.45, 2.75) is 39.7 Å². The molecule has 1 aromatic rings. The lowest BCUT2D eigenvalue weighted by molar-refractivity contribution is 0.345. The molecule has 94 valence electrons. The molecule has 0 aromatic heterocycles. The minimum Gasteiger partial charge on any atom is -0.381 e. The third-order valence-corrected chi connectivity index (χ3v) is 3.03. The molecule has 1 aliphatic heterocycles. The molecule has 2 rings (SSSR count). The van der Waals surface area contributed by atoms with Gasteiger partial charge in [-0.05, 0) is 30.4 Å². The number of anilines is 2. The molecule has 1 heterocycles. The number of halogens is 1. The fourth-order valence-electron chi connectivity index (χ4n) is 2.38. The molecule has 17 heavy (non-hydrogen) atoms. The quantitative estimate of drug-likeness (QED) is 0.773. The van der Waals surface area contributed by atoms with Crippen molar-refractivity contribution >= 4 is 11.4 Å². The maximum atomic E-state index is 13.6. The van der Waals surface area contributed by atoms with E-state index in [9.17, 15) is 4.39 Å². The highest BCUT2D eigenvalue weighted by Crippen LogP contribution is 2.31. The SMILES string of the molecule is CC(C)(C)CC1CCNc2c(F)cccc2N1. The van der Waals surface area contributed by atoms with E-state index in [1.54, 1.807) is 6.07 Å². The van der Waals surface area contributed by atoms with E-state index in [4.69, 9.17) is 0 Å². The summed E-state index contributed by atoms with van der Waals surface area (Å²) in [6.07, 6.45) is 2.11. The van der Waals surface area contributed by atoms with Gasteiger partial charge < -0.3 is 10.6 Å². The van der Waals surface area contributed by atoms with Crippen molar-refractivity contribution in [1.82, 2.24) is 0 Å². The molecule has 2 N–H and O–H groups in total. The van der Waals surface area contributed by atoms with E-state index in [-0.39, 0.29) is 11.2 Å². The molecule has 3 heteroatoms. The van der Waals surface area contributed by atoms with Gasteiger partial charge in [0.15, 0.2) is 0 Å². The summed E-state index contributed by atoms with van der Waals surface area (Å²) in [4.78, 5) is 0. The minimum atomic E-state index is -0.175. The molecule has 0 saturated carbocycles. The van der Waals surface area contributed by atoms with Crippen LogP contribution in [0.4, 0.5) is 15.8 Å². The molecule has 1 unspecified atom stereocenters. The average Bonchev–Trinajstić information content (AvgIpc) is 2.38. The van der Waals surface area contributed by atoms with Crippen LogP contribution in [0, 0.1) is 11.2 Å². The summed E-state index contributed by atoms with van der Waals surface area (Å²) < 4.78 is 13.6. The van der Waals surface area contributed by atoms with Gasteiger partial charge in [0.05, 0.1) is 11.4 Å². The summed E-state index contributed by atoms with van der Waals surface area (Å²) in [5.41, 5.74) is 1.79. The average molecular weight is 236 g/mol. The van der Waals surface area contributed by atoms with Crippen molar-refractivity contribution < 1.29 is 4.39 Å². The summed E-state index contributed by atoms with van der Waals surface area (Å²) in [6, 6.07) is 5.59. The molecule has 2 nitrogen and oxygen atoms in total. The summed E-state index contributed by atoms with van der Waals surface area (Å²) >= 11 is 0. The van der Waals surface area contributed by atoms with Crippen molar-refractivity contribution in [1.29, 1.82) is 0 Å². The van der Waals surface area contributed by atoms with Gasteiger partial charge in [0, 0.05) is 12.6 Å². The number of hydrogen-bond donors (Lipinski definition) is 2. The van der Waals surface area contributed by atoms with Gasteiger partial charge in [-0.2, -0.15) is 0 Å². The first kappa shape index (κ1) is 12.2. The van der Waals surface area contributed by atoms with Gasteiger partial charge in [-0.3, -0.25) is 0 Å². The van der Waals surface area contributed by atoms with Gasteiger partial charge in [-0.15, -0.1) is 0 Å². The van der Waals surface area contributed by atoms with Crippen LogP contribution in [-0.2, 0) is 0 Å². The maximum Gasteiger partial charge on any atom is 0.148 e. The van der Waals surface area contributed by atoms with Crippen molar-refractivity contribution in [2.24, 2.45) is 5.41 Å². The summed E-state index contributed by atoms with van der Waals surface area (Å²) in [7, 11) is 0. The van der Waals surface area contributed by atoms with E-state index < -0.39 is 0 Å². The van der Waals surface area contributed by atoms with Gasteiger partial charge in [0.2, 0.25) is 0 Å². The lowest BCUT2D eigenvalue weighted by Gasteiger charge is -2.26. The smallest absolute Gasteiger partial charge is 0.148 e. The Morgan fingerprint density at radius 1 is 1.35 bits per heavy atom. The van der Waals surface area contributed by atoms with Gasteiger partial charge in [0.25, 0.3) is 0 Å². The lowest BCUT2D eigenvalue weighted by atomic mass is 9.87. The maximum absolute atomic E-state index is 13.6. The first-order valence-corrected chi connectivity index (χ1v) is 6.25. The Labute approximate surface area is 103 Å². The first-order valence-electron chi connectivity index (χ1n) is 6.25. The van der Waals surface area contributed by atoms with E-state index in [1.807, 2.05) is 6.07 Å². The Bertz CT molecular complexity index is 396. The number of nitrogens with one attached hydrogen (secondary N) is 2. The topological polar surface area (TPSA) is 24.1 Å². The fourth-order valence-corrected chi connectivity index (χ4v) is 2.38. The highest BCUT2D eigenvalue weighted by Gasteiger charge is 2.22. The minimum absolute atomic E-state index is 0.175. The summed E-state index contributed by atoms with van der Waals surface area (Å²) in [6.45, 7) is 7.53. The molecule has 1 atom stereocenters. The highest BCUT2D eigenvalue weighted by molar-refractivity contribution is 5.70. The molecule has 1 aliphatic rings. The number of hydrogen-bond acceptors (Lipinski definition) is 2. The Hall–Kier alpha value is -1.25. The lowest BCUT2D eigenvalue weighted by Crippen LogP contribution is -2.25.